The molecular weight excluding hydrogens is 426 g/mol. The van der Waals surface area contributed by atoms with Gasteiger partial charge in [-0.3, -0.25) is 10.1 Å². The SMILES string of the molecule is CC(COC(=O)OCC1c2ccccc2-c2ccccc21)c1ccc(C(=O)O)cc1[N+](=O)[O-]. The molecule has 0 saturated heterocycles. The van der Waals surface area contributed by atoms with Crippen LogP contribution < -0.4 is 0 Å². The van der Waals surface area contributed by atoms with E-state index >= 15 is 0 Å². The number of ether oxygens (including phenoxy) is 2. The summed E-state index contributed by atoms with van der Waals surface area (Å²) in [7, 11) is 0. The number of nitro benzene ring substituents is 1. The number of hydrogen-bond acceptors (Lipinski definition) is 6. The predicted octanol–water partition coefficient (Wildman–Crippen LogP) is 5.36. The molecule has 1 aliphatic carbocycles. The van der Waals surface area contributed by atoms with Crippen molar-refractivity contribution in [3.05, 3.63) is 99.1 Å². The van der Waals surface area contributed by atoms with Gasteiger partial charge in [0.2, 0.25) is 0 Å². The Morgan fingerprint density at radius 1 is 1.00 bits per heavy atom. The second-order valence-electron chi connectivity index (χ2n) is 7.84. The Morgan fingerprint density at radius 2 is 1.61 bits per heavy atom. The Labute approximate surface area is 189 Å². The van der Waals surface area contributed by atoms with Crippen LogP contribution in [-0.4, -0.2) is 35.4 Å². The van der Waals surface area contributed by atoms with E-state index in [9.17, 15) is 19.7 Å². The van der Waals surface area contributed by atoms with Crippen molar-refractivity contribution in [2.24, 2.45) is 0 Å². The molecule has 1 aliphatic rings. The van der Waals surface area contributed by atoms with E-state index in [-0.39, 0.29) is 35.9 Å². The molecule has 0 spiro atoms. The Balaban J connectivity index is 1.40. The summed E-state index contributed by atoms with van der Waals surface area (Å²) in [4.78, 5) is 34.1. The number of nitrogens with zero attached hydrogens (tertiary/aromatic N) is 1. The fourth-order valence-corrected chi connectivity index (χ4v) is 4.17. The molecule has 0 fully saturated rings. The maximum atomic E-state index is 12.3. The average Bonchev–Trinajstić information content (AvgIpc) is 3.14. The molecule has 8 nitrogen and oxygen atoms in total. The van der Waals surface area contributed by atoms with Crippen LogP contribution in [0.2, 0.25) is 0 Å². The number of rotatable bonds is 7. The van der Waals surface area contributed by atoms with Gasteiger partial charge in [-0.1, -0.05) is 61.5 Å². The van der Waals surface area contributed by atoms with E-state index < -0.39 is 23.0 Å². The van der Waals surface area contributed by atoms with Crippen molar-refractivity contribution in [2.75, 3.05) is 13.2 Å². The van der Waals surface area contributed by atoms with E-state index in [0.29, 0.717) is 0 Å². The number of carboxylic acid groups (broad SMARTS) is 1. The first-order chi connectivity index (χ1) is 15.9. The number of nitro groups is 1. The number of hydrogen-bond donors (Lipinski definition) is 1. The van der Waals surface area contributed by atoms with Gasteiger partial charge in [0.25, 0.3) is 5.69 Å². The monoisotopic (exact) mass is 447 g/mol. The van der Waals surface area contributed by atoms with Crippen molar-refractivity contribution in [2.45, 2.75) is 18.8 Å². The minimum atomic E-state index is -1.26. The molecule has 1 N–H and O–H groups in total. The molecule has 0 radical (unpaired) electrons. The summed E-state index contributed by atoms with van der Waals surface area (Å²) in [6.45, 7) is 1.61. The maximum Gasteiger partial charge on any atom is 0.508 e. The van der Waals surface area contributed by atoms with Crippen molar-refractivity contribution in [1.82, 2.24) is 0 Å². The normalized spacial score (nSPS) is 13.0. The molecule has 0 aromatic heterocycles. The van der Waals surface area contributed by atoms with Crippen LogP contribution in [0.1, 0.15) is 45.8 Å². The highest BCUT2D eigenvalue weighted by atomic mass is 16.7. The molecule has 1 atom stereocenters. The fourth-order valence-electron chi connectivity index (χ4n) is 4.17. The van der Waals surface area contributed by atoms with E-state index in [2.05, 4.69) is 0 Å². The summed E-state index contributed by atoms with van der Waals surface area (Å²) < 4.78 is 10.6. The van der Waals surface area contributed by atoms with Gasteiger partial charge in [-0.05, 0) is 28.3 Å². The molecule has 0 amide bonds. The van der Waals surface area contributed by atoms with E-state index in [1.807, 2.05) is 48.5 Å². The molecule has 8 heteroatoms. The lowest BCUT2D eigenvalue weighted by atomic mass is 9.98. The highest BCUT2D eigenvalue weighted by molar-refractivity contribution is 5.88. The number of benzene rings is 3. The number of fused-ring (bicyclic) bond motifs is 3. The number of carbonyl (C=O) groups is 2. The molecule has 3 aromatic carbocycles. The van der Waals surface area contributed by atoms with Crippen LogP contribution in [0.25, 0.3) is 11.1 Å². The molecule has 33 heavy (non-hydrogen) atoms. The van der Waals surface area contributed by atoms with E-state index in [1.165, 1.54) is 12.1 Å². The molecular formula is C25H21NO7. The lowest BCUT2D eigenvalue weighted by molar-refractivity contribution is -0.385. The van der Waals surface area contributed by atoms with Crippen LogP contribution in [0, 0.1) is 10.1 Å². The van der Waals surface area contributed by atoms with Crippen molar-refractivity contribution in [1.29, 1.82) is 0 Å². The summed E-state index contributed by atoms with van der Waals surface area (Å²) in [5.74, 6) is -1.90. The molecule has 0 saturated carbocycles. The molecule has 1 unspecified atom stereocenters. The van der Waals surface area contributed by atoms with Crippen LogP contribution >= 0.6 is 0 Å². The van der Waals surface area contributed by atoms with E-state index in [0.717, 1.165) is 28.3 Å². The minimum absolute atomic E-state index is 0.105. The van der Waals surface area contributed by atoms with Gasteiger partial charge in [-0.25, -0.2) is 9.59 Å². The van der Waals surface area contributed by atoms with Crippen molar-refractivity contribution in [3.8, 4) is 11.1 Å². The molecule has 0 bridgehead atoms. The first-order valence-corrected chi connectivity index (χ1v) is 10.4. The lowest BCUT2D eigenvalue weighted by Crippen LogP contribution is -2.16. The number of carbonyl (C=O) groups excluding carboxylic acids is 1. The van der Waals surface area contributed by atoms with Gasteiger partial charge in [0.15, 0.2) is 0 Å². The second-order valence-corrected chi connectivity index (χ2v) is 7.84. The largest absolute Gasteiger partial charge is 0.508 e. The minimum Gasteiger partial charge on any atom is -0.478 e. The summed E-state index contributed by atoms with van der Waals surface area (Å²) in [6.07, 6.45) is -0.867. The first kappa shape index (κ1) is 22.0. The van der Waals surface area contributed by atoms with Gasteiger partial charge in [-0.15, -0.1) is 0 Å². The van der Waals surface area contributed by atoms with Crippen molar-refractivity contribution >= 4 is 17.8 Å². The van der Waals surface area contributed by atoms with Gasteiger partial charge in [0.05, 0.1) is 10.5 Å². The van der Waals surface area contributed by atoms with Gasteiger partial charge in [0, 0.05) is 23.5 Å². The van der Waals surface area contributed by atoms with E-state index in [4.69, 9.17) is 14.6 Å². The third-order valence-corrected chi connectivity index (χ3v) is 5.79. The second kappa shape index (κ2) is 9.12. The quantitative estimate of drug-likeness (QED) is 0.294. The van der Waals surface area contributed by atoms with Gasteiger partial charge in [0.1, 0.15) is 13.2 Å². The molecule has 0 aliphatic heterocycles. The van der Waals surface area contributed by atoms with Crippen molar-refractivity contribution < 1.29 is 29.1 Å². The summed E-state index contributed by atoms with van der Waals surface area (Å²) >= 11 is 0. The molecule has 4 rings (SSSR count). The Kier molecular flexibility index (Phi) is 6.08. The zero-order chi connectivity index (χ0) is 23.5. The number of aromatic carboxylic acids is 1. The van der Waals surface area contributed by atoms with Crippen LogP contribution in [-0.2, 0) is 9.47 Å². The molecule has 3 aromatic rings. The third kappa shape index (κ3) is 4.41. The van der Waals surface area contributed by atoms with Crippen LogP contribution in [0.3, 0.4) is 0 Å². The smallest absolute Gasteiger partial charge is 0.478 e. The topological polar surface area (TPSA) is 116 Å². The molecule has 168 valence electrons. The van der Waals surface area contributed by atoms with Gasteiger partial charge < -0.3 is 14.6 Å². The summed E-state index contributed by atoms with van der Waals surface area (Å²) in [6, 6.07) is 19.6. The Hall–Kier alpha value is -4.20. The zero-order valence-corrected chi connectivity index (χ0v) is 17.8. The lowest BCUT2D eigenvalue weighted by Gasteiger charge is -2.16. The summed E-state index contributed by atoms with van der Waals surface area (Å²) in [5.41, 5.74) is 4.13. The predicted molar refractivity (Wildman–Crippen MR) is 119 cm³/mol. The van der Waals surface area contributed by atoms with Crippen molar-refractivity contribution in [3.63, 3.8) is 0 Å². The zero-order valence-electron chi connectivity index (χ0n) is 17.8. The summed E-state index contributed by atoms with van der Waals surface area (Å²) in [5, 5.41) is 20.4. The molecule has 0 heterocycles. The number of carboxylic acids is 1. The fraction of sp³-hybridized carbons (Fsp3) is 0.200. The highest BCUT2D eigenvalue weighted by Crippen LogP contribution is 2.44. The first-order valence-electron chi connectivity index (χ1n) is 10.4. The third-order valence-electron chi connectivity index (χ3n) is 5.79. The van der Waals surface area contributed by atoms with Gasteiger partial charge in [-0.2, -0.15) is 0 Å². The highest BCUT2D eigenvalue weighted by Gasteiger charge is 2.29. The van der Waals surface area contributed by atoms with Crippen LogP contribution in [0.15, 0.2) is 66.7 Å². The standard InChI is InChI=1S/C25H21NO7/c1-15(17-11-10-16(24(27)28)12-23(17)26(30)31)13-32-25(29)33-14-22-20-8-4-2-6-18(20)19-7-3-5-9-21(19)22/h2-12,15,22H,13-14H2,1H3,(H,27,28). The Morgan fingerprint density at radius 3 is 2.18 bits per heavy atom. The maximum absolute atomic E-state index is 12.3. The van der Waals surface area contributed by atoms with Crippen LogP contribution in [0.4, 0.5) is 10.5 Å². The average molecular weight is 447 g/mol. The van der Waals surface area contributed by atoms with E-state index in [1.54, 1.807) is 6.92 Å². The van der Waals surface area contributed by atoms with Gasteiger partial charge >= 0.3 is 12.1 Å². The Bertz CT molecular complexity index is 1190. The van der Waals surface area contributed by atoms with Crippen LogP contribution in [0.5, 0.6) is 0 Å².